The number of imidazole rings is 1. The number of para-hydroxylation sites is 2. The lowest BCUT2D eigenvalue weighted by Gasteiger charge is -2.27. The van der Waals surface area contributed by atoms with E-state index in [0.717, 1.165) is 11.1 Å². The number of nitrogens with zero attached hydrogens (tertiary/aromatic N) is 3. The van der Waals surface area contributed by atoms with E-state index in [0.29, 0.717) is 0 Å². The van der Waals surface area contributed by atoms with E-state index in [1.54, 1.807) is 89.5 Å². The molecule has 4 aromatic carbocycles. The third-order valence-electron chi connectivity index (χ3n) is 9.03. The van der Waals surface area contributed by atoms with Gasteiger partial charge in [-0.2, -0.15) is 15.2 Å². The second-order valence-electron chi connectivity index (χ2n) is 14.0. The van der Waals surface area contributed by atoms with Gasteiger partial charge < -0.3 is 28.8 Å². The van der Waals surface area contributed by atoms with Crippen LogP contribution in [0.4, 0.5) is 5.95 Å². The lowest BCUT2D eigenvalue weighted by molar-refractivity contribution is -0.147. The van der Waals surface area contributed by atoms with Crippen molar-refractivity contribution in [3.63, 3.8) is 0 Å². The zero-order valence-corrected chi connectivity index (χ0v) is 35.7. The van der Waals surface area contributed by atoms with Crippen LogP contribution in [0.1, 0.15) is 31.4 Å². The smallest absolute Gasteiger partial charge is 0.459 e. The van der Waals surface area contributed by atoms with Gasteiger partial charge in [-0.15, -0.1) is 0 Å². The Kier molecular flexibility index (Phi) is 15.8. The van der Waals surface area contributed by atoms with Crippen LogP contribution in [0.3, 0.4) is 0 Å². The maximum atomic E-state index is 14.6. The minimum absolute atomic E-state index is 0.0202. The quantitative estimate of drug-likeness (QED) is 0.0394. The van der Waals surface area contributed by atoms with Crippen molar-refractivity contribution in [3.05, 3.63) is 149 Å². The number of nitrogens with two attached hydrogens (primary N) is 1. The topological polar surface area (TPSA) is 237 Å². The average Bonchev–Trinajstić information content (AvgIpc) is 3.68. The van der Waals surface area contributed by atoms with Crippen LogP contribution >= 0.6 is 15.5 Å². The Labute approximate surface area is 357 Å². The molecular weight excluding hydrogens is 840 g/mol. The maximum absolute atomic E-state index is 14.6. The molecule has 0 amide bonds. The number of carbonyl (C=O) groups excluding carboxylic acids is 2. The van der Waals surface area contributed by atoms with E-state index in [4.69, 9.17) is 33.3 Å². The minimum atomic E-state index is -4.40. The molecule has 326 valence electrons. The molecule has 0 saturated heterocycles. The molecule has 18 nitrogen and oxygen atoms in total. The number of nitrogen functional groups attached to an aromatic ring is 1. The van der Waals surface area contributed by atoms with E-state index in [1.165, 1.54) is 20.2 Å². The summed E-state index contributed by atoms with van der Waals surface area (Å²) in [6, 6.07) is 32.2. The van der Waals surface area contributed by atoms with Crippen molar-refractivity contribution in [1.82, 2.24) is 29.7 Å². The van der Waals surface area contributed by atoms with Crippen LogP contribution in [-0.2, 0) is 57.0 Å². The molecule has 2 unspecified atom stereocenters. The predicted octanol–water partition coefficient (Wildman–Crippen LogP) is 6.56. The number of esters is 2. The number of nitrogens with one attached hydrogen (secondary N) is 3. The van der Waals surface area contributed by atoms with Gasteiger partial charge in [0.2, 0.25) is 5.95 Å². The predicted molar refractivity (Wildman–Crippen MR) is 230 cm³/mol. The van der Waals surface area contributed by atoms with Crippen LogP contribution < -0.4 is 30.5 Å². The number of carbonyl (C=O) groups is 2. The van der Waals surface area contributed by atoms with Crippen molar-refractivity contribution in [2.45, 2.75) is 52.1 Å². The average molecular weight is 888 g/mol. The molecule has 0 fully saturated rings. The van der Waals surface area contributed by atoms with Crippen LogP contribution in [0, 0.1) is 5.92 Å². The number of rotatable bonds is 23. The summed E-state index contributed by atoms with van der Waals surface area (Å²) in [5.74, 6) is -1.96. The molecule has 6 aromatic rings. The molecule has 2 heterocycles. The van der Waals surface area contributed by atoms with Gasteiger partial charge in [-0.3, -0.25) is 28.4 Å². The summed E-state index contributed by atoms with van der Waals surface area (Å²) in [6.45, 7) is 2.27. The van der Waals surface area contributed by atoms with Crippen LogP contribution in [-0.4, -0.2) is 56.8 Å². The van der Waals surface area contributed by atoms with E-state index in [1.807, 2.05) is 36.4 Å². The fourth-order valence-electron chi connectivity index (χ4n) is 5.79. The van der Waals surface area contributed by atoms with Gasteiger partial charge in [-0.1, -0.05) is 97.1 Å². The lowest BCUT2D eigenvalue weighted by atomic mass is 10.1. The van der Waals surface area contributed by atoms with E-state index < -0.39 is 51.0 Å². The molecule has 0 saturated carbocycles. The number of aryl methyl sites for hydroxylation is 1. The van der Waals surface area contributed by atoms with Crippen molar-refractivity contribution in [2.75, 3.05) is 18.9 Å². The molecule has 0 aliphatic rings. The summed E-state index contributed by atoms with van der Waals surface area (Å²) >= 11 is 0. The number of fused-ring (bicyclic) bond motifs is 1. The van der Waals surface area contributed by atoms with Gasteiger partial charge in [0.05, 0.1) is 19.5 Å². The Morgan fingerprint density at radius 2 is 1.15 bits per heavy atom. The summed E-state index contributed by atoms with van der Waals surface area (Å²) in [5.41, 5.74) is 7.07. The Morgan fingerprint density at radius 3 is 1.60 bits per heavy atom. The lowest BCUT2D eigenvalue weighted by Crippen LogP contribution is -2.36. The summed E-state index contributed by atoms with van der Waals surface area (Å²) < 4.78 is 65.5. The van der Waals surface area contributed by atoms with E-state index in [-0.39, 0.29) is 68.0 Å². The van der Waals surface area contributed by atoms with Crippen molar-refractivity contribution in [1.29, 1.82) is 0 Å². The third kappa shape index (κ3) is 13.4. The van der Waals surface area contributed by atoms with Gasteiger partial charge in [0.1, 0.15) is 36.8 Å². The van der Waals surface area contributed by atoms with Gasteiger partial charge in [0.15, 0.2) is 11.2 Å². The molecule has 0 radical (unpaired) electrons. The number of benzene rings is 4. The molecule has 0 spiro atoms. The molecule has 0 aliphatic heterocycles. The summed E-state index contributed by atoms with van der Waals surface area (Å²) in [4.78, 5) is 49.6. The number of aromatic amines is 1. The number of hydrogen-bond acceptors (Lipinski definition) is 14. The normalized spacial score (nSPS) is 14.7. The molecular formula is C42H47N7O11P2. The van der Waals surface area contributed by atoms with E-state index in [2.05, 4.69) is 25.1 Å². The first-order valence-electron chi connectivity index (χ1n) is 19.5. The molecule has 6 rings (SSSR count). The van der Waals surface area contributed by atoms with Crippen molar-refractivity contribution >= 4 is 44.5 Å². The summed E-state index contributed by atoms with van der Waals surface area (Å²) in [7, 11) is -8.80. The van der Waals surface area contributed by atoms with Gasteiger partial charge in [0, 0.05) is 12.5 Å². The van der Waals surface area contributed by atoms with Crippen molar-refractivity contribution in [3.8, 4) is 11.5 Å². The maximum Gasteiger partial charge on any atom is 0.459 e. The first kappa shape index (κ1) is 45.4. The van der Waals surface area contributed by atoms with Gasteiger partial charge in [0.25, 0.3) is 5.56 Å². The Hall–Kier alpha value is -6.13. The Bertz CT molecular complexity index is 2410. The van der Waals surface area contributed by atoms with E-state index >= 15 is 0 Å². The zero-order valence-electron chi connectivity index (χ0n) is 33.9. The van der Waals surface area contributed by atoms with Crippen LogP contribution in [0.25, 0.3) is 11.2 Å². The highest BCUT2D eigenvalue weighted by Crippen LogP contribution is 2.48. The van der Waals surface area contributed by atoms with Crippen molar-refractivity contribution < 1.29 is 46.3 Å². The summed E-state index contributed by atoms with van der Waals surface area (Å²) in [5, 5.41) is 5.36. The SMILES string of the molecule is C[C@H](NP(=O)(OCC(CCn1cnc2c(=O)[nH]c(N)nc21)COP(=O)(N[C@@H](C)C(=O)OCc1ccccc1)Oc1ccccc1)Oc1ccccc1)C(=O)OCc1ccccc1. The monoisotopic (exact) mass is 887 g/mol. The zero-order chi connectivity index (χ0) is 44.0. The van der Waals surface area contributed by atoms with Crippen molar-refractivity contribution in [2.24, 2.45) is 5.92 Å². The number of aromatic nitrogens is 4. The van der Waals surface area contributed by atoms with Gasteiger partial charge >= 0.3 is 27.4 Å². The first-order valence-corrected chi connectivity index (χ1v) is 22.6. The third-order valence-corrected chi connectivity index (χ3v) is 12.3. The Morgan fingerprint density at radius 1 is 0.710 bits per heavy atom. The minimum Gasteiger partial charge on any atom is -0.460 e. The highest BCUT2D eigenvalue weighted by Gasteiger charge is 2.36. The van der Waals surface area contributed by atoms with E-state index in [9.17, 15) is 23.5 Å². The van der Waals surface area contributed by atoms with Gasteiger partial charge in [-0.25, -0.2) is 14.1 Å². The number of hydrogen-bond donors (Lipinski definition) is 4. The number of anilines is 1. The molecule has 5 N–H and O–H groups in total. The number of H-pyrrole nitrogens is 1. The summed E-state index contributed by atoms with van der Waals surface area (Å²) in [6.07, 6.45) is 1.56. The molecule has 0 aliphatic carbocycles. The molecule has 2 aromatic heterocycles. The largest absolute Gasteiger partial charge is 0.460 e. The second kappa shape index (κ2) is 21.6. The van der Waals surface area contributed by atoms with Crippen LogP contribution in [0.15, 0.2) is 132 Å². The van der Waals surface area contributed by atoms with Gasteiger partial charge in [-0.05, 0) is 55.7 Å². The standard InChI is InChI=1S/C42H47N7O11P2/c1-30(40(51)55-25-32-15-7-3-8-16-32)47-61(53,59-35-19-11-5-12-20-35)57-27-34(23-24-49-29-44-37-38(49)45-42(43)46-39(37)50)28-58-62(54,60-36-21-13-6-14-22-36)48-31(2)41(52)56-26-33-17-9-4-10-18-33/h3-22,29-31,34H,23-28H2,1-2H3,(H,47,53)(H,48,54)(H3,43,45,46,50)/t30-,31-,34?,61?,62?/m0/s1. The highest BCUT2D eigenvalue weighted by molar-refractivity contribution is 7.52. The van der Waals surface area contributed by atoms with Crippen LogP contribution in [0.5, 0.6) is 11.5 Å². The number of ether oxygens (including phenoxy) is 2. The van der Waals surface area contributed by atoms with Crippen LogP contribution in [0.2, 0.25) is 0 Å². The molecule has 4 atom stereocenters. The second-order valence-corrected chi connectivity index (χ2v) is 17.4. The molecule has 62 heavy (non-hydrogen) atoms. The highest BCUT2D eigenvalue weighted by atomic mass is 31.2. The first-order chi connectivity index (χ1) is 29.9. The molecule has 20 heteroatoms. The molecule has 0 bridgehead atoms. The fourth-order valence-corrected chi connectivity index (χ4v) is 8.92. The fraction of sp³-hybridized carbons (Fsp3) is 0.262. The Balaban J connectivity index is 1.22.